The van der Waals surface area contributed by atoms with E-state index in [2.05, 4.69) is 9.79 Å². The van der Waals surface area contributed by atoms with E-state index in [1.807, 2.05) is 0 Å². The van der Waals surface area contributed by atoms with E-state index in [0.29, 0.717) is 0 Å². The third-order valence-electron chi connectivity index (χ3n) is 1.08. The van der Waals surface area contributed by atoms with E-state index < -0.39 is 5.95 Å². The van der Waals surface area contributed by atoms with Crippen LogP contribution in [0.1, 0.15) is 5.69 Å². The average molecular weight is 154 g/mol. The highest BCUT2D eigenvalue weighted by molar-refractivity contribution is 5.19. The molecule has 0 saturated heterocycles. The van der Waals surface area contributed by atoms with Gasteiger partial charge in [0.1, 0.15) is 5.27 Å². The van der Waals surface area contributed by atoms with Crippen molar-refractivity contribution in [1.82, 2.24) is 5.27 Å². The number of nitriles is 1. The molecule has 1 aromatic heterocycles. The molecule has 1 heterocycles. The molecule has 11 heavy (non-hydrogen) atoms. The zero-order chi connectivity index (χ0) is 8.43. The molecule has 0 atom stereocenters. The maximum absolute atomic E-state index is 10.7. The smallest absolute Gasteiger partial charge is 0.366 e. The fourth-order valence-electron chi connectivity index (χ4n) is 0.605. The first-order valence-electron chi connectivity index (χ1n) is 2.83. The molecule has 0 aliphatic heterocycles. The lowest BCUT2D eigenvalue weighted by molar-refractivity contribution is -0.755. The van der Waals surface area contributed by atoms with Crippen LogP contribution in [0.5, 0.6) is 5.95 Å². The van der Waals surface area contributed by atoms with Crippen molar-refractivity contribution in [2.75, 3.05) is 19.1 Å². The van der Waals surface area contributed by atoms with Crippen LogP contribution in [0.3, 0.4) is 0 Å². The SMILES string of the molecule is CN(C)[n+]1noc([O-])c1C#N. The molecule has 0 unspecified atom stereocenters. The van der Waals surface area contributed by atoms with Gasteiger partial charge in [0, 0.05) is 0 Å². The van der Waals surface area contributed by atoms with Crippen LogP contribution in [0, 0.1) is 11.3 Å². The summed E-state index contributed by atoms with van der Waals surface area (Å²) in [5, 5.41) is 23.9. The van der Waals surface area contributed by atoms with Crippen molar-refractivity contribution in [3.05, 3.63) is 5.69 Å². The molecule has 0 aliphatic carbocycles. The summed E-state index contributed by atoms with van der Waals surface area (Å²) in [7, 11) is 3.28. The fourth-order valence-corrected chi connectivity index (χ4v) is 0.605. The maximum Gasteiger partial charge on any atom is 0.366 e. The summed E-state index contributed by atoms with van der Waals surface area (Å²) < 4.78 is 4.24. The average Bonchev–Trinajstić information content (AvgIpc) is 2.30. The molecule has 0 radical (unpaired) electrons. The van der Waals surface area contributed by atoms with E-state index in [0.717, 1.165) is 4.79 Å². The van der Waals surface area contributed by atoms with E-state index in [-0.39, 0.29) is 5.69 Å². The predicted octanol–water partition coefficient (Wildman–Crippen LogP) is -1.90. The van der Waals surface area contributed by atoms with Crippen molar-refractivity contribution >= 4 is 0 Å². The van der Waals surface area contributed by atoms with E-state index >= 15 is 0 Å². The predicted molar refractivity (Wildman–Crippen MR) is 30.9 cm³/mol. The van der Waals surface area contributed by atoms with Crippen molar-refractivity contribution in [3.63, 3.8) is 0 Å². The lowest BCUT2D eigenvalue weighted by Crippen LogP contribution is -2.56. The zero-order valence-electron chi connectivity index (χ0n) is 6.11. The third kappa shape index (κ3) is 1.08. The van der Waals surface area contributed by atoms with Crippen LogP contribution in [0.25, 0.3) is 0 Å². The maximum atomic E-state index is 10.7. The second kappa shape index (κ2) is 2.46. The first kappa shape index (κ1) is 7.34. The lowest BCUT2D eigenvalue weighted by Gasteiger charge is -1.97. The van der Waals surface area contributed by atoms with Crippen LogP contribution in [0.2, 0.25) is 0 Å². The number of aromatic nitrogens is 2. The summed E-state index contributed by atoms with van der Waals surface area (Å²) in [6.45, 7) is 0. The Bertz CT molecular complexity index is 298. The Labute approximate surface area is 62.8 Å². The van der Waals surface area contributed by atoms with Gasteiger partial charge in [0.05, 0.1) is 18.9 Å². The molecule has 0 spiro atoms. The van der Waals surface area contributed by atoms with Gasteiger partial charge >= 0.3 is 5.69 Å². The highest BCUT2D eigenvalue weighted by Crippen LogP contribution is 2.02. The highest BCUT2D eigenvalue weighted by Gasteiger charge is 2.18. The van der Waals surface area contributed by atoms with Gasteiger partial charge in [0.15, 0.2) is 12.0 Å². The Morgan fingerprint density at radius 2 is 2.36 bits per heavy atom. The van der Waals surface area contributed by atoms with Crippen molar-refractivity contribution in [2.24, 2.45) is 0 Å². The van der Waals surface area contributed by atoms with E-state index in [1.165, 1.54) is 5.01 Å². The Kier molecular flexibility index (Phi) is 1.64. The van der Waals surface area contributed by atoms with Crippen molar-refractivity contribution in [3.8, 4) is 12.0 Å². The Morgan fingerprint density at radius 1 is 1.73 bits per heavy atom. The van der Waals surface area contributed by atoms with Crippen molar-refractivity contribution in [2.45, 2.75) is 0 Å². The molecule has 0 amide bonds. The van der Waals surface area contributed by atoms with Crippen LogP contribution >= 0.6 is 0 Å². The van der Waals surface area contributed by atoms with Crippen LogP contribution in [-0.2, 0) is 0 Å². The van der Waals surface area contributed by atoms with Crippen molar-refractivity contribution in [1.29, 1.82) is 5.26 Å². The number of hydrogen-bond acceptors (Lipinski definition) is 5. The largest absolute Gasteiger partial charge is 0.538 e. The minimum absolute atomic E-state index is 0.130. The quantitative estimate of drug-likeness (QED) is 0.441. The molecule has 1 rings (SSSR count). The van der Waals surface area contributed by atoms with Gasteiger partial charge in [-0.3, -0.25) is 0 Å². The first-order valence-corrected chi connectivity index (χ1v) is 2.83. The summed E-state index contributed by atoms with van der Waals surface area (Å²) in [6, 6.07) is 1.68. The number of nitrogens with zero attached hydrogens (tertiary/aromatic N) is 4. The van der Waals surface area contributed by atoms with Crippen LogP contribution in [-0.4, -0.2) is 19.4 Å². The molecule has 0 saturated carbocycles. The second-order valence-corrected chi connectivity index (χ2v) is 2.06. The van der Waals surface area contributed by atoms with Gasteiger partial charge in [0.2, 0.25) is 0 Å². The standard InChI is InChI=1S/C5H6N4O2/c1-8(2)9-4(3-6)5(10)11-7-9/h1-2H3. The Balaban J connectivity index is 3.19. The minimum Gasteiger partial charge on any atom is -0.538 e. The molecule has 0 bridgehead atoms. The topological polar surface area (TPSA) is 80.0 Å². The molecular formula is C5H6N4O2. The normalized spacial score (nSPS) is 9.18. The van der Waals surface area contributed by atoms with Crippen LogP contribution < -0.4 is 14.9 Å². The third-order valence-corrected chi connectivity index (χ3v) is 1.08. The van der Waals surface area contributed by atoms with E-state index in [1.54, 1.807) is 20.2 Å². The Morgan fingerprint density at radius 3 is 2.73 bits per heavy atom. The van der Waals surface area contributed by atoms with Crippen molar-refractivity contribution < 1.29 is 14.4 Å². The molecule has 1 aromatic rings. The van der Waals surface area contributed by atoms with Crippen LogP contribution in [0.15, 0.2) is 4.52 Å². The lowest BCUT2D eigenvalue weighted by atomic mass is 10.5. The van der Waals surface area contributed by atoms with E-state index in [9.17, 15) is 5.11 Å². The van der Waals surface area contributed by atoms with Gasteiger partial charge in [-0.05, 0) is 0 Å². The molecule has 6 nitrogen and oxygen atoms in total. The first-order chi connectivity index (χ1) is 5.16. The summed E-state index contributed by atoms with van der Waals surface area (Å²) in [4.78, 5) is 1.09. The molecule has 6 heteroatoms. The van der Waals surface area contributed by atoms with Gasteiger partial charge in [0.25, 0.3) is 0 Å². The van der Waals surface area contributed by atoms with Crippen LogP contribution in [0.4, 0.5) is 0 Å². The monoisotopic (exact) mass is 154 g/mol. The molecule has 58 valence electrons. The molecular weight excluding hydrogens is 148 g/mol. The molecule has 0 aromatic carbocycles. The van der Waals surface area contributed by atoms with Gasteiger partial charge in [-0.25, -0.2) is 0 Å². The summed E-state index contributed by atoms with van der Waals surface area (Å²) in [5.41, 5.74) is -0.130. The molecule has 0 aliphatic rings. The number of hydrogen-bond donors (Lipinski definition) is 0. The van der Waals surface area contributed by atoms with Gasteiger partial charge < -0.3 is 9.63 Å². The highest BCUT2D eigenvalue weighted by atomic mass is 16.6. The second-order valence-electron chi connectivity index (χ2n) is 2.06. The number of rotatable bonds is 1. The minimum atomic E-state index is -0.721. The summed E-state index contributed by atoms with van der Waals surface area (Å²) in [6.07, 6.45) is 0. The summed E-state index contributed by atoms with van der Waals surface area (Å²) >= 11 is 0. The van der Waals surface area contributed by atoms with Gasteiger partial charge in [-0.2, -0.15) is 10.3 Å². The van der Waals surface area contributed by atoms with Gasteiger partial charge in [-0.15, -0.1) is 0 Å². The zero-order valence-corrected chi connectivity index (χ0v) is 6.11. The summed E-state index contributed by atoms with van der Waals surface area (Å²) in [5.74, 6) is -0.721. The van der Waals surface area contributed by atoms with E-state index in [4.69, 9.17) is 5.26 Å². The van der Waals surface area contributed by atoms with Gasteiger partial charge in [-0.1, -0.05) is 0 Å². The fraction of sp³-hybridized carbons (Fsp3) is 0.400. The Hall–Kier alpha value is -1.77. The molecule has 0 fully saturated rings. The molecule has 0 N–H and O–H groups in total.